The largest absolute Gasteiger partial charge is 0.329 e. The minimum absolute atomic E-state index is 0.486. The van der Waals surface area contributed by atoms with E-state index >= 15 is 0 Å². The van der Waals surface area contributed by atoms with E-state index in [1.807, 2.05) is 0 Å². The molecule has 2 fully saturated rings. The molecule has 0 bridgehead atoms. The molecule has 2 aliphatic rings. The van der Waals surface area contributed by atoms with Gasteiger partial charge in [0.15, 0.2) is 0 Å². The van der Waals surface area contributed by atoms with Crippen LogP contribution in [0.25, 0.3) is 0 Å². The first-order valence-electron chi connectivity index (χ1n) is 8.35. The molecule has 2 aliphatic carbocycles. The van der Waals surface area contributed by atoms with Gasteiger partial charge in [-0.1, -0.05) is 27.7 Å². The lowest BCUT2D eigenvalue weighted by Crippen LogP contribution is -2.45. The molecule has 0 aliphatic heterocycles. The minimum atomic E-state index is 0.486. The average molecular weight is 266 g/mol. The van der Waals surface area contributed by atoms with Gasteiger partial charge < -0.3 is 11.1 Å². The molecule has 0 aromatic rings. The summed E-state index contributed by atoms with van der Waals surface area (Å²) >= 11 is 0. The molecule has 0 aromatic heterocycles. The molecular formula is C17H34N2. The van der Waals surface area contributed by atoms with Gasteiger partial charge in [0.25, 0.3) is 0 Å². The summed E-state index contributed by atoms with van der Waals surface area (Å²) in [6, 6.07) is 0.564. The van der Waals surface area contributed by atoms with Gasteiger partial charge in [0.2, 0.25) is 0 Å². The molecule has 0 heterocycles. The summed E-state index contributed by atoms with van der Waals surface area (Å²) in [5.74, 6) is 3.60. The molecule has 2 nitrogen and oxygen atoms in total. The van der Waals surface area contributed by atoms with E-state index < -0.39 is 0 Å². The molecule has 0 aromatic carbocycles. The highest BCUT2D eigenvalue weighted by molar-refractivity contribution is 4.89. The summed E-state index contributed by atoms with van der Waals surface area (Å²) in [6.45, 7) is 11.5. The van der Waals surface area contributed by atoms with Gasteiger partial charge in [0, 0.05) is 12.6 Å². The standard InChI is InChI=1S/C17H34N2/c1-12-9-14(12)11-19-16(10-18)13-5-7-15(8-6-13)17(2,3)4/h12-16,19H,5-11,18H2,1-4H3. The molecule has 2 heteroatoms. The maximum absolute atomic E-state index is 6.00. The second kappa shape index (κ2) is 6.13. The fourth-order valence-electron chi connectivity index (χ4n) is 3.82. The van der Waals surface area contributed by atoms with Gasteiger partial charge in [-0.15, -0.1) is 0 Å². The number of nitrogens with one attached hydrogen (secondary N) is 1. The summed E-state index contributed by atoms with van der Waals surface area (Å²) in [5.41, 5.74) is 6.49. The van der Waals surface area contributed by atoms with Crippen molar-refractivity contribution in [3.8, 4) is 0 Å². The van der Waals surface area contributed by atoms with Crippen molar-refractivity contribution in [2.24, 2.45) is 34.8 Å². The van der Waals surface area contributed by atoms with Crippen molar-refractivity contribution in [3.05, 3.63) is 0 Å². The topological polar surface area (TPSA) is 38.0 Å². The van der Waals surface area contributed by atoms with Crippen LogP contribution in [-0.4, -0.2) is 19.1 Å². The molecule has 3 unspecified atom stereocenters. The van der Waals surface area contributed by atoms with Crippen LogP contribution in [0.4, 0.5) is 0 Å². The second-order valence-electron chi connectivity index (χ2n) is 8.20. The molecule has 19 heavy (non-hydrogen) atoms. The van der Waals surface area contributed by atoms with E-state index in [9.17, 15) is 0 Å². The van der Waals surface area contributed by atoms with Crippen molar-refractivity contribution in [1.82, 2.24) is 5.32 Å². The number of rotatable bonds is 5. The van der Waals surface area contributed by atoms with Crippen molar-refractivity contribution in [2.75, 3.05) is 13.1 Å². The van der Waals surface area contributed by atoms with Crippen LogP contribution in [0.15, 0.2) is 0 Å². The lowest BCUT2D eigenvalue weighted by atomic mass is 9.68. The van der Waals surface area contributed by atoms with E-state index in [4.69, 9.17) is 5.73 Å². The molecule has 0 saturated heterocycles. The molecule has 0 spiro atoms. The monoisotopic (exact) mass is 266 g/mol. The molecule has 112 valence electrons. The van der Waals surface area contributed by atoms with E-state index in [-0.39, 0.29) is 0 Å². The highest BCUT2D eigenvalue weighted by atomic mass is 15.0. The zero-order valence-electron chi connectivity index (χ0n) is 13.4. The molecular weight excluding hydrogens is 232 g/mol. The Balaban J connectivity index is 1.74. The van der Waals surface area contributed by atoms with E-state index in [1.54, 1.807) is 0 Å². The predicted octanol–water partition coefficient (Wildman–Crippen LogP) is 3.41. The van der Waals surface area contributed by atoms with Crippen LogP contribution in [0, 0.1) is 29.1 Å². The number of hydrogen-bond acceptors (Lipinski definition) is 2. The Hall–Kier alpha value is -0.0800. The van der Waals surface area contributed by atoms with Crippen LogP contribution in [0.3, 0.4) is 0 Å². The SMILES string of the molecule is CC1CC1CNC(CN)C1CCC(C(C)(C)C)CC1. The smallest absolute Gasteiger partial charge is 0.0218 e. The summed E-state index contributed by atoms with van der Waals surface area (Å²) < 4.78 is 0. The van der Waals surface area contributed by atoms with Gasteiger partial charge in [-0.25, -0.2) is 0 Å². The first-order valence-corrected chi connectivity index (χ1v) is 8.35. The molecule has 0 radical (unpaired) electrons. The van der Waals surface area contributed by atoms with Crippen molar-refractivity contribution < 1.29 is 0 Å². The maximum Gasteiger partial charge on any atom is 0.0218 e. The Morgan fingerprint density at radius 1 is 1.16 bits per heavy atom. The maximum atomic E-state index is 6.00. The Kier molecular flexibility index (Phi) is 4.94. The summed E-state index contributed by atoms with van der Waals surface area (Å²) in [5, 5.41) is 3.76. The number of nitrogens with two attached hydrogens (primary N) is 1. The van der Waals surface area contributed by atoms with Crippen LogP contribution in [0.1, 0.15) is 59.8 Å². The summed E-state index contributed by atoms with van der Waals surface area (Å²) in [4.78, 5) is 0. The number of hydrogen-bond donors (Lipinski definition) is 2. The van der Waals surface area contributed by atoms with Crippen LogP contribution in [-0.2, 0) is 0 Å². The third-order valence-corrected chi connectivity index (χ3v) is 5.74. The molecule has 3 atom stereocenters. The summed E-state index contributed by atoms with van der Waals surface area (Å²) in [6.07, 6.45) is 6.95. The molecule has 2 rings (SSSR count). The van der Waals surface area contributed by atoms with E-state index in [2.05, 4.69) is 33.0 Å². The van der Waals surface area contributed by atoms with Crippen molar-refractivity contribution in [3.63, 3.8) is 0 Å². The zero-order chi connectivity index (χ0) is 14.0. The Morgan fingerprint density at radius 3 is 2.16 bits per heavy atom. The zero-order valence-corrected chi connectivity index (χ0v) is 13.4. The summed E-state index contributed by atoms with van der Waals surface area (Å²) in [7, 11) is 0. The van der Waals surface area contributed by atoms with E-state index in [0.717, 1.165) is 30.2 Å². The van der Waals surface area contributed by atoms with Crippen molar-refractivity contribution in [2.45, 2.75) is 65.8 Å². The third-order valence-electron chi connectivity index (χ3n) is 5.74. The van der Waals surface area contributed by atoms with Gasteiger partial charge in [-0.05, 0) is 67.7 Å². The highest BCUT2D eigenvalue weighted by Crippen LogP contribution is 2.41. The van der Waals surface area contributed by atoms with Crippen molar-refractivity contribution in [1.29, 1.82) is 0 Å². The lowest BCUT2D eigenvalue weighted by molar-refractivity contribution is 0.133. The quantitative estimate of drug-likeness (QED) is 0.800. The Bertz CT molecular complexity index is 273. The van der Waals surface area contributed by atoms with Gasteiger partial charge in [-0.3, -0.25) is 0 Å². The van der Waals surface area contributed by atoms with Crippen LogP contribution < -0.4 is 11.1 Å². The van der Waals surface area contributed by atoms with Crippen LogP contribution >= 0.6 is 0 Å². The van der Waals surface area contributed by atoms with Crippen LogP contribution in [0.5, 0.6) is 0 Å². The van der Waals surface area contributed by atoms with Crippen molar-refractivity contribution >= 4 is 0 Å². The normalized spacial score (nSPS) is 37.1. The molecule has 2 saturated carbocycles. The van der Waals surface area contributed by atoms with E-state index in [1.165, 1.54) is 38.6 Å². The fraction of sp³-hybridized carbons (Fsp3) is 1.00. The Labute approximate surface area is 119 Å². The third kappa shape index (κ3) is 4.19. The van der Waals surface area contributed by atoms with Gasteiger partial charge in [0.1, 0.15) is 0 Å². The van der Waals surface area contributed by atoms with Crippen LogP contribution in [0.2, 0.25) is 0 Å². The fourth-order valence-corrected chi connectivity index (χ4v) is 3.82. The molecule has 3 N–H and O–H groups in total. The Morgan fingerprint density at radius 2 is 1.74 bits per heavy atom. The van der Waals surface area contributed by atoms with Gasteiger partial charge in [-0.2, -0.15) is 0 Å². The first kappa shape index (κ1) is 15.3. The van der Waals surface area contributed by atoms with E-state index in [0.29, 0.717) is 11.5 Å². The average Bonchev–Trinajstić information content (AvgIpc) is 3.06. The lowest BCUT2D eigenvalue weighted by Gasteiger charge is -2.39. The second-order valence-corrected chi connectivity index (χ2v) is 8.20. The minimum Gasteiger partial charge on any atom is -0.329 e. The predicted molar refractivity (Wildman–Crippen MR) is 83.0 cm³/mol. The first-order chi connectivity index (χ1) is 8.91. The highest BCUT2D eigenvalue weighted by Gasteiger charge is 2.35. The molecule has 0 amide bonds. The van der Waals surface area contributed by atoms with Gasteiger partial charge >= 0.3 is 0 Å². The van der Waals surface area contributed by atoms with Gasteiger partial charge in [0.05, 0.1) is 0 Å².